The van der Waals surface area contributed by atoms with E-state index in [0.717, 1.165) is 25.1 Å². The SMILES string of the molecule is N#Cc1cccc(Oc2ccc3c(c2)S(O)(O)NC2CCCN32)c1. The second-order valence-electron chi connectivity index (χ2n) is 5.89. The van der Waals surface area contributed by atoms with Gasteiger partial charge in [0.25, 0.3) is 0 Å². The summed E-state index contributed by atoms with van der Waals surface area (Å²) in [6, 6.07) is 14.3. The summed E-state index contributed by atoms with van der Waals surface area (Å²) >= 11 is 0. The van der Waals surface area contributed by atoms with Gasteiger partial charge in [0.05, 0.1) is 23.5 Å². The zero-order valence-electron chi connectivity index (χ0n) is 12.8. The molecule has 6 nitrogen and oxygen atoms in total. The van der Waals surface area contributed by atoms with Gasteiger partial charge < -0.3 is 9.64 Å². The minimum Gasteiger partial charge on any atom is -0.457 e. The monoisotopic (exact) mass is 343 g/mol. The van der Waals surface area contributed by atoms with Crippen LogP contribution in [0.3, 0.4) is 0 Å². The third-order valence-electron chi connectivity index (χ3n) is 4.30. The van der Waals surface area contributed by atoms with E-state index >= 15 is 0 Å². The molecule has 1 saturated heterocycles. The van der Waals surface area contributed by atoms with Gasteiger partial charge >= 0.3 is 0 Å². The Hall–Kier alpha value is -2.24. The first-order chi connectivity index (χ1) is 11.6. The van der Waals surface area contributed by atoms with E-state index in [0.29, 0.717) is 22.0 Å². The van der Waals surface area contributed by atoms with Crippen molar-refractivity contribution in [3.63, 3.8) is 0 Å². The molecule has 1 unspecified atom stereocenters. The predicted octanol–water partition coefficient (Wildman–Crippen LogP) is 3.90. The van der Waals surface area contributed by atoms with E-state index in [1.807, 2.05) is 12.1 Å². The summed E-state index contributed by atoms with van der Waals surface area (Å²) in [5.41, 5.74) is 1.35. The standard InChI is InChI=1S/C17H17N3O3S/c18-11-12-3-1-4-13(9-12)23-14-6-7-15-16(10-14)24(21,22)19-17-5-2-8-20(15)17/h1,3-4,6-7,9-10,17,19,21-22H,2,5,8H2. The first-order valence-electron chi connectivity index (χ1n) is 7.71. The summed E-state index contributed by atoms with van der Waals surface area (Å²) in [4.78, 5) is 2.61. The summed E-state index contributed by atoms with van der Waals surface area (Å²) in [5, 5.41) is 8.96. The van der Waals surface area contributed by atoms with E-state index in [-0.39, 0.29) is 6.17 Å². The molecule has 1 fully saturated rings. The molecule has 4 rings (SSSR count). The number of anilines is 1. The fourth-order valence-electron chi connectivity index (χ4n) is 3.22. The lowest BCUT2D eigenvalue weighted by atomic mass is 10.2. The van der Waals surface area contributed by atoms with Gasteiger partial charge in [0.2, 0.25) is 0 Å². The van der Waals surface area contributed by atoms with Crippen molar-refractivity contribution < 1.29 is 13.8 Å². The lowest BCUT2D eigenvalue weighted by molar-refractivity contribution is 0.440. The first-order valence-corrected chi connectivity index (χ1v) is 9.26. The Morgan fingerprint density at radius 2 is 2.04 bits per heavy atom. The molecule has 0 spiro atoms. The molecular formula is C17H17N3O3S. The van der Waals surface area contributed by atoms with Crippen LogP contribution in [0.15, 0.2) is 47.4 Å². The van der Waals surface area contributed by atoms with Crippen molar-refractivity contribution in [2.24, 2.45) is 0 Å². The summed E-state index contributed by atoms with van der Waals surface area (Å²) in [5.74, 6) is 1.04. The highest BCUT2D eigenvalue weighted by atomic mass is 32.3. The molecular weight excluding hydrogens is 326 g/mol. The van der Waals surface area contributed by atoms with Gasteiger partial charge in [-0.25, -0.2) is 0 Å². The number of ether oxygens (including phenoxy) is 1. The molecule has 0 aliphatic carbocycles. The summed E-state index contributed by atoms with van der Waals surface area (Å²) < 4.78 is 29.6. The van der Waals surface area contributed by atoms with Gasteiger partial charge in [-0.05, 0) is 43.2 Å². The quantitative estimate of drug-likeness (QED) is 0.766. The van der Waals surface area contributed by atoms with Gasteiger partial charge in [0, 0.05) is 12.6 Å². The molecule has 0 bridgehead atoms. The molecule has 1 atom stereocenters. The van der Waals surface area contributed by atoms with Crippen LogP contribution < -0.4 is 14.4 Å². The van der Waals surface area contributed by atoms with E-state index in [2.05, 4.69) is 15.7 Å². The second-order valence-corrected chi connectivity index (χ2v) is 7.66. The molecule has 0 aromatic heterocycles. The largest absolute Gasteiger partial charge is 0.457 e. The molecule has 2 aliphatic rings. The van der Waals surface area contributed by atoms with E-state index < -0.39 is 10.8 Å². The van der Waals surface area contributed by atoms with Crippen molar-refractivity contribution in [2.75, 3.05) is 11.4 Å². The van der Waals surface area contributed by atoms with Crippen LogP contribution in [0, 0.1) is 11.3 Å². The summed E-state index contributed by atoms with van der Waals surface area (Å²) in [7, 11) is -3.05. The maximum atomic E-state index is 10.4. The molecule has 0 radical (unpaired) electrons. The molecule has 2 heterocycles. The Balaban J connectivity index is 1.69. The van der Waals surface area contributed by atoms with Crippen molar-refractivity contribution in [1.29, 1.82) is 5.26 Å². The van der Waals surface area contributed by atoms with E-state index in [4.69, 9.17) is 10.00 Å². The molecule has 0 amide bonds. The molecule has 2 aromatic rings. The minimum absolute atomic E-state index is 0.0263. The van der Waals surface area contributed by atoms with Gasteiger partial charge in [0.15, 0.2) is 0 Å². The summed E-state index contributed by atoms with van der Waals surface area (Å²) in [6.07, 6.45) is 1.89. The van der Waals surface area contributed by atoms with Crippen molar-refractivity contribution in [2.45, 2.75) is 23.9 Å². The Labute approximate surface area is 141 Å². The van der Waals surface area contributed by atoms with Crippen LogP contribution in [-0.4, -0.2) is 21.8 Å². The first kappa shape index (κ1) is 15.3. The lowest BCUT2D eigenvalue weighted by Gasteiger charge is -2.46. The van der Waals surface area contributed by atoms with E-state index in [1.165, 1.54) is 0 Å². The Kier molecular flexibility index (Phi) is 3.62. The van der Waals surface area contributed by atoms with Crippen molar-refractivity contribution in [1.82, 2.24) is 4.72 Å². The highest BCUT2D eigenvalue weighted by molar-refractivity contribution is 8.22. The zero-order chi connectivity index (χ0) is 16.7. The number of benzene rings is 2. The van der Waals surface area contributed by atoms with Crippen LogP contribution in [-0.2, 0) is 0 Å². The van der Waals surface area contributed by atoms with Gasteiger partial charge in [-0.1, -0.05) is 6.07 Å². The fraction of sp³-hybridized carbons (Fsp3) is 0.235. The topological polar surface area (TPSA) is 88.8 Å². The second kappa shape index (κ2) is 5.69. The molecule has 2 aliphatic heterocycles. The third-order valence-corrected chi connectivity index (χ3v) is 5.84. The Morgan fingerprint density at radius 3 is 2.88 bits per heavy atom. The fourth-order valence-corrected chi connectivity index (χ4v) is 4.73. The van der Waals surface area contributed by atoms with Gasteiger partial charge in [0.1, 0.15) is 16.4 Å². The van der Waals surface area contributed by atoms with Gasteiger partial charge in [-0.3, -0.25) is 9.11 Å². The predicted molar refractivity (Wildman–Crippen MR) is 92.3 cm³/mol. The molecule has 0 saturated carbocycles. The van der Waals surface area contributed by atoms with Crippen LogP contribution in [0.2, 0.25) is 0 Å². The van der Waals surface area contributed by atoms with Crippen LogP contribution in [0.4, 0.5) is 5.69 Å². The van der Waals surface area contributed by atoms with Crippen molar-refractivity contribution in [3.8, 4) is 17.6 Å². The molecule has 2 aromatic carbocycles. The number of hydrogen-bond donors (Lipinski definition) is 3. The van der Waals surface area contributed by atoms with E-state index in [1.54, 1.807) is 30.3 Å². The number of fused-ring (bicyclic) bond motifs is 3. The van der Waals surface area contributed by atoms with Crippen LogP contribution >= 0.6 is 10.8 Å². The average molecular weight is 343 g/mol. The summed E-state index contributed by atoms with van der Waals surface area (Å²) in [6.45, 7) is 0.893. The van der Waals surface area contributed by atoms with Crippen LogP contribution in [0.1, 0.15) is 18.4 Å². The van der Waals surface area contributed by atoms with E-state index in [9.17, 15) is 9.11 Å². The lowest BCUT2D eigenvalue weighted by Crippen LogP contribution is -2.46. The van der Waals surface area contributed by atoms with Crippen LogP contribution in [0.5, 0.6) is 11.5 Å². The number of nitriles is 1. The Morgan fingerprint density at radius 1 is 1.21 bits per heavy atom. The third kappa shape index (κ3) is 2.60. The van der Waals surface area contributed by atoms with Crippen LogP contribution in [0.25, 0.3) is 0 Å². The number of nitrogens with one attached hydrogen (secondary N) is 1. The van der Waals surface area contributed by atoms with Crippen molar-refractivity contribution in [3.05, 3.63) is 48.0 Å². The highest BCUT2D eigenvalue weighted by Crippen LogP contribution is 2.55. The normalized spacial score (nSPS) is 22.2. The Bertz CT molecular complexity index is 834. The average Bonchev–Trinajstić information content (AvgIpc) is 3.02. The highest BCUT2D eigenvalue weighted by Gasteiger charge is 2.38. The van der Waals surface area contributed by atoms with Crippen molar-refractivity contribution >= 4 is 16.5 Å². The zero-order valence-corrected chi connectivity index (χ0v) is 13.7. The number of nitrogens with zero attached hydrogens (tertiary/aromatic N) is 2. The van der Waals surface area contributed by atoms with Gasteiger partial charge in [-0.15, -0.1) is 10.8 Å². The number of hydrogen-bond acceptors (Lipinski definition) is 6. The molecule has 24 heavy (non-hydrogen) atoms. The van der Waals surface area contributed by atoms with Gasteiger partial charge in [-0.2, -0.15) is 9.98 Å². The minimum atomic E-state index is -3.05. The molecule has 3 N–H and O–H groups in total. The number of rotatable bonds is 2. The maximum Gasteiger partial charge on any atom is 0.129 e. The molecule has 124 valence electrons. The maximum absolute atomic E-state index is 10.4. The molecule has 7 heteroatoms. The smallest absolute Gasteiger partial charge is 0.129 e.